The maximum Gasteiger partial charge on any atom is 0.217 e. The lowest BCUT2D eigenvalue weighted by molar-refractivity contribution is -0.373. The summed E-state index contributed by atoms with van der Waals surface area (Å²) in [6.45, 7) is 1.52. The first kappa shape index (κ1) is 41.7. The molecule has 282 valence electrons. The summed E-state index contributed by atoms with van der Waals surface area (Å²) in [6, 6.07) is -1.17. The third-order valence-electron chi connectivity index (χ3n) is 9.02. The Morgan fingerprint density at radius 3 is 1.71 bits per heavy atom. The van der Waals surface area contributed by atoms with Gasteiger partial charge in [0.15, 0.2) is 18.9 Å². The molecule has 0 spiro atoms. The van der Waals surface area contributed by atoms with Gasteiger partial charge in [0.05, 0.1) is 19.3 Å². The second-order valence-electron chi connectivity index (χ2n) is 12.8. The average Bonchev–Trinajstić information content (AvgIpc) is 3.06. The molecule has 0 unspecified atom stereocenters. The zero-order chi connectivity index (χ0) is 35.4. The van der Waals surface area contributed by atoms with Gasteiger partial charge < -0.3 is 74.6 Å². The van der Waals surface area contributed by atoms with Gasteiger partial charge in [-0.3, -0.25) is 4.79 Å². The van der Waals surface area contributed by atoms with Crippen LogP contribution in [0.4, 0.5) is 0 Å². The Morgan fingerprint density at radius 2 is 1.15 bits per heavy atom. The summed E-state index contributed by atoms with van der Waals surface area (Å²) in [5, 5.41) is 85.4. The first-order valence-electron chi connectivity index (χ1n) is 17.0. The maximum atomic E-state index is 12.4. The Hall–Kier alpha value is -0.740. The Kier molecular flexibility index (Phi) is 18.2. The summed E-state index contributed by atoms with van der Waals surface area (Å²) in [7, 11) is 0. The highest BCUT2D eigenvalue weighted by atomic mass is 32.1. The Balaban J connectivity index is 1.78. The van der Waals surface area contributed by atoms with Crippen LogP contribution in [0.25, 0.3) is 0 Å². The van der Waals surface area contributed by atoms with Crippen LogP contribution in [0.2, 0.25) is 0 Å². The molecule has 0 radical (unpaired) electrons. The molecule has 0 aromatic heterocycles. The number of unbranched alkanes of at least 4 members (excludes halogenated alkanes) is 8. The van der Waals surface area contributed by atoms with Crippen LogP contribution in [-0.2, 0) is 33.2 Å². The normalized spacial score (nSPS) is 40.5. The minimum Gasteiger partial charge on any atom is -0.394 e. The number of hydrogen-bond donors (Lipinski definition) is 10. The Labute approximate surface area is 287 Å². The summed E-state index contributed by atoms with van der Waals surface area (Å²) in [5.74, 6) is 0.386. The first-order valence-corrected chi connectivity index (χ1v) is 17.6. The largest absolute Gasteiger partial charge is 0.394 e. The number of ether oxygens (including phenoxy) is 6. The molecule has 9 N–H and O–H groups in total. The second-order valence-corrected chi connectivity index (χ2v) is 13.3. The zero-order valence-electron chi connectivity index (χ0n) is 27.7. The van der Waals surface area contributed by atoms with Crippen molar-refractivity contribution in [2.24, 2.45) is 0 Å². The SMILES string of the molecule is CC(=O)N[C@H]1[C@H](OCCCCCCCCCCCS)O[C@H](CO)[C@@H](O[C@@H]2O[C@H](CO)[C@H](O)[C@H](O)[C@H]2O)[C@@H]1O[C@@H]1O[C@@H](C)[C@@H](O)[C@@H](O)[C@@H]1O. The van der Waals surface area contributed by atoms with E-state index in [-0.39, 0.29) is 6.61 Å². The number of aliphatic hydroxyl groups is 8. The molecule has 3 fully saturated rings. The third kappa shape index (κ3) is 11.4. The molecule has 16 nitrogen and oxygen atoms in total. The van der Waals surface area contributed by atoms with Crippen LogP contribution < -0.4 is 5.32 Å². The van der Waals surface area contributed by atoms with Crippen LogP contribution in [0.3, 0.4) is 0 Å². The quantitative estimate of drug-likeness (QED) is 0.0517. The lowest BCUT2D eigenvalue weighted by Crippen LogP contribution is -2.69. The molecular weight excluding hydrogens is 658 g/mol. The van der Waals surface area contributed by atoms with Gasteiger partial charge in [0, 0.05) is 13.5 Å². The van der Waals surface area contributed by atoms with Crippen molar-refractivity contribution in [2.75, 3.05) is 25.6 Å². The van der Waals surface area contributed by atoms with Crippen LogP contribution >= 0.6 is 12.6 Å². The van der Waals surface area contributed by atoms with Gasteiger partial charge in [-0.1, -0.05) is 44.9 Å². The van der Waals surface area contributed by atoms with E-state index in [2.05, 4.69) is 17.9 Å². The molecule has 3 aliphatic rings. The van der Waals surface area contributed by atoms with E-state index in [0.717, 1.165) is 37.9 Å². The van der Waals surface area contributed by atoms with Crippen molar-refractivity contribution in [1.82, 2.24) is 5.32 Å². The number of carbonyl (C=O) groups excluding carboxylic acids is 1. The topological polar surface area (TPSA) is 246 Å². The van der Waals surface area contributed by atoms with Gasteiger partial charge in [-0.05, 0) is 25.5 Å². The summed E-state index contributed by atoms with van der Waals surface area (Å²) in [5.41, 5.74) is 0. The highest BCUT2D eigenvalue weighted by Crippen LogP contribution is 2.34. The lowest BCUT2D eigenvalue weighted by atomic mass is 9.94. The highest BCUT2D eigenvalue weighted by molar-refractivity contribution is 7.80. The molecule has 15 atom stereocenters. The highest BCUT2D eigenvalue weighted by Gasteiger charge is 2.54. The van der Waals surface area contributed by atoms with Crippen molar-refractivity contribution in [3.8, 4) is 0 Å². The molecule has 3 aliphatic heterocycles. The number of rotatable bonds is 19. The van der Waals surface area contributed by atoms with E-state index in [0.29, 0.717) is 6.42 Å². The van der Waals surface area contributed by atoms with E-state index in [1.54, 1.807) is 0 Å². The molecule has 0 aromatic rings. The molecule has 0 saturated carbocycles. The molecule has 3 heterocycles. The molecule has 3 saturated heterocycles. The summed E-state index contributed by atoms with van der Waals surface area (Å²) >= 11 is 4.24. The Bertz CT molecular complexity index is 923. The van der Waals surface area contributed by atoms with Crippen molar-refractivity contribution < 1.29 is 74.1 Å². The van der Waals surface area contributed by atoms with Crippen molar-refractivity contribution in [3.63, 3.8) is 0 Å². The summed E-state index contributed by atoms with van der Waals surface area (Å²) in [6.07, 6.45) is -11.4. The van der Waals surface area contributed by atoms with Crippen LogP contribution in [0.1, 0.15) is 71.6 Å². The first-order chi connectivity index (χ1) is 22.9. The number of amides is 1. The molecule has 1 amide bonds. The van der Waals surface area contributed by atoms with Crippen LogP contribution in [0.5, 0.6) is 0 Å². The number of hydrogen-bond acceptors (Lipinski definition) is 16. The predicted molar refractivity (Wildman–Crippen MR) is 171 cm³/mol. The molecular formula is C31H57NO15S. The number of carbonyl (C=O) groups is 1. The summed E-state index contributed by atoms with van der Waals surface area (Å²) < 4.78 is 35.4. The van der Waals surface area contributed by atoms with E-state index in [1.165, 1.54) is 33.1 Å². The fourth-order valence-corrected chi connectivity index (χ4v) is 6.40. The van der Waals surface area contributed by atoms with E-state index in [9.17, 15) is 45.6 Å². The smallest absolute Gasteiger partial charge is 0.217 e. The second kappa shape index (κ2) is 20.9. The zero-order valence-corrected chi connectivity index (χ0v) is 28.6. The van der Waals surface area contributed by atoms with Crippen molar-refractivity contribution in [1.29, 1.82) is 0 Å². The van der Waals surface area contributed by atoms with Crippen LogP contribution in [-0.4, -0.2) is 164 Å². The van der Waals surface area contributed by atoms with Gasteiger partial charge in [-0.15, -0.1) is 0 Å². The summed E-state index contributed by atoms with van der Waals surface area (Å²) in [4.78, 5) is 12.4. The van der Waals surface area contributed by atoms with Crippen molar-refractivity contribution in [3.05, 3.63) is 0 Å². The van der Waals surface area contributed by atoms with E-state index < -0.39 is 111 Å². The number of nitrogens with one attached hydrogen (secondary N) is 1. The molecule has 0 bridgehead atoms. The van der Waals surface area contributed by atoms with Crippen LogP contribution in [0, 0.1) is 0 Å². The van der Waals surface area contributed by atoms with Gasteiger partial charge in [0.25, 0.3) is 0 Å². The lowest BCUT2D eigenvalue weighted by Gasteiger charge is -2.50. The molecule has 3 rings (SSSR count). The minimum atomic E-state index is -1.82. The average molecular weight is 716 g/mol. The van der Waals surface area contributed by atoms with Crippen LogP contribution in [0.15, 0.2) is 0 Å². The number of aliphatic hydroxyl groups excluding tert-OH is 8. The fourth-order valence-electron chi connectivity index (χ4n) is 6.17. The van der Waals surface area contributed by atoms with Gasteiger partial charge >= 0.3 is 0 Å². The standard InChI is InChI=1S/C31H57NO15S/c1-16-21(36)23(38)25(40)30(43-16)47-28-20(32-17(2)35)29(42-12-10-8-6-4-3-5-7-9-11-13-48)45-19(15-34)27(28)46-31-26(41)24(39)22(37)18(14-33)44-31/h16,18-31,33-34,36-41,48H,3-15H2,1-2H3,(H,32,35)/t16-,18+,19+,20+,21+,22-,23+,24-,25-,26+,27+,28+,29+,30-,31-/m0/s1. The van der Waals surface area contributed by atoms with Crippen molar-refractivity contribution >= 4 is 18.5 Å². The monoisotopic (exact) mass is 715 g/mol. The molecule has 0 aromatic carbocycles. The predicted octanol–water partition coefficient (Wildman–Crippen LogP) is -1.94. The third-order valence-corrected chi connectivity index (χ3v) is 9.34. The molecule has 0 aliphatic carbocycles. The van der Waals surface area contributed by atoms with E-state index in [4.69, 9.17) is 28.4 Å². The number of thiol groups is 1. The van der Waals surface area contributed by atoms with Gasteiger partial charge in [0.2, 0.25) is 5.91 Å². The molecule has 17 heteroatoms. The van der Waals surface area contributed by atoms with E-state index >= 15 is 0 Å². The van der Waals surface area contributed by atoms with Gasteiger partial charge in [-0.2, -0.15) is 12.6 Å². The van der Waals surface area contributed by atoms with Crippen molar-refractivity contribution in [2.45, 2.75) is 164 Å². The molecule has 48 heavy (non-hydrogen) atoms. The van der Waals surface area contributed by atoms with Gasteiger partial charge in [-0.25, -0.2) is 0 Å². The van der Waals surface area contributed by atoms with E-state index in [1.807, 2.05) is 0 Å². The fraction of sp³-hybridized carbons (Fsp3) is 0.968. The van der Waals surface area contributed by atoms with Gasteiger partial charge in [0.1, 0.15) is 67.1 Å². The Morgan fingerprint density at radius 1 is 0.646 bits per heavy atom. The minimum absolute atomic E-state index is 0.232. The maximum absolute atomic E-state index is 12.4.